The maximum absolute atomic E-state index is 11.8. The van der Waals surface area contributed by atoms with E-state index in [-0.39, 0.29) is 6.67 Å². The number of rotatable bonds is 4. The molecule has 11 heavy (non-hydrogen) atoms. The van der Waals surface area contributed by atoms with Crippen molar-refractivity contribution in [2.24, 2.45) is 5.92 Å². The second-order valence-electron chi connectivity index (χ2n) is 3.18. The van der Waals surface area contributed by atoms with E-state index in [1.807, 2.05) is 0 Å². The lowest BCUT2D eigenvalue weighted by atomic mass is 10.0. The van der Waals surface area contributed by atoms with Gasteiger partial charge in [0.25, 0.3) is 0 Å². The lowest BCUT2D eigenvalue weighted by molar-refractivity contribution is 0.371. The fourth-order valence-corrected chi connectivity index (χ4v) is 1.55. The molecule has 66 valence electrons. The summed E-state index contributed by atoms with van der Waals surface area (Å²) in [5.74, 6) is 0.696. The average molecular weight is 160 g/mol. The molecule has 1 heterocycles. The van der Waals surface area contributed by atoms with Crippen LogP contribution in [-0.2, 0) is 0 Å². The molecule has 0 bridgehead atoms. The smallest absolute Gasteiger partial charge is 0.102 e. The Morgan fingerprint density at radius 3 is 3.09 bits per heavy atom. The molecule has 3 heteroatoms. The minimum absolute atomic E-state index is 0.259. The van der Waals surface area contributed by atoms with Crippen molar-refractivity contribution in [2.75, 3.05) is 26.3 Å². The van der Waals surface area contributed by atoms with Crippen LogP contribution in [0.4, 0.5) is 4.39 Å². The molecule has 0 spiro atoms. The van der Waals surface area contributed by atoms with E-state index >= 15 is 0 Å². The zero-order chi connectivity index (χ0) is 8.10. The third kappa shape index (κ3) is 2.75. The second kappa shape index (κ2) is 4.67. The van der Waals surface area contributed by atoms with Gasteiger partial charge in [-0.15, -0.1) is 0 Å². The monoisotopic (exact) mass is 160 g/mol. The molecule has 1 aliphatic rings. The van der Waals surface area contributed by atoms with Gasteiger partial charge < -0.3 is 10.6 Å². The van der Waals surface area contributed by atoms with E-state index in [9.17, 15) is 4.39 Å². The third-order valence-electron chi connectivity index (χ3n) is 2.37. The number of alkyl halides is 1. The van der Waals surface area contributed by atoms with Gasteiger partial charge in [0.05, 0.1) is 0 Å². The van der Waals surface area contributed by atoms with Gasteiger partial charge in [-0.25, -0.2) is 4.39 Å². The highest BCUT2D eigenvalue weighted by Crippen LogP contribution is 2.11. The topological polar surface area (TPSA) is 24.1 Å². The molecule has 1 fully saturated rings. The molecule has 0 radical (unpaired) electrons. The van der Waals surface area contributed by atoms with Crippen LogP contribution in [0, 0.1) is 5.92 Å². The average Bonchev–Trinajstić information content (AvgIpc) is 2.52. The quantitative estimate of drug-likeness (QED) is 0.627. The zero-order valence-electron chi connectivity index (χ0n) is 7.07. The third-order valence-corrected chi connectivity index (χ3v) is 2.37. The minimum atomic E-state index is -0.259. The van der Waals surface area contributed by atoms with Crippen molar-refractivity contribution in [1.29, 1.82) is 0 Å². The van der Waals surface area contributed by atoms with Crippen molar-refractivity contribution in [2.45, 2.75) is 19.4 Å². The van der Waals surface area contributed by atoms with Gasteiger partial charge in [0, 0.05) is 12.6 Å². The summed E-state index contributed by atoms with van der Waals surface area (Å²) in [6.45, 7) is 4.57. The number of hydrogen-bond acceptors (Lipinski definition) is 2. The van der Waals surface area contributed by atoms with Crippen molar-refractivity contribution < 1.29 is 4.39 Å². The SMILES string of the molecule is CC(NCCF)C1CCNC1. The molecule has 2 unspecified atom stereocenters. The van der Waals surface area contributed by atoms with Crippen LogP contribution < -0.4 is 10.6 Å². The Hall–Kier alpha value is -0.150. The molecule has 2 nitrogen and oxygen atoms in total. The summed E-state index contributed by atoms with van der Waals surface area (Å²) in [7, 11) is 0. The van der Waals surface area contributed by atoms with Crippen molar-refractivity contribution in [1.82, 2.24) is 10.6 Å². The van der Waals surface area contributed by atoms with Crippen LogP contribution in [0.1, 0.15) is 13.3 Å². The summed E-state index contributed by atoms with van der Waals surface area (Å²) in [5, 5.41) is 6.46. The molecule has 2 N–H and O–H groups in total. The van der Waals surface area contributed by atoms with Gasteiger partial charge in [0.15, 0.2) is 0 Å². The standard InChI is InChI=1S/C8H17FN2/c1-7(11-5-3-9)8-2-4-10-6-8/h7-8,10-11H,2-6H2,1H3. The number of halogens is 1. The summed E-state index contributed by atoms with van der Waals surface area (Å²) in [4.78, 5) is 0. The molecular formula is C8H17FN2. The molecule has 0 aliphatic carbocycles. The highest BCUT2D eigenvalue weighted by atomic mass is 19.1. The van der Waals surface area contributed by atoms with Crippen LogP contribution >= 0.6 is 0 Å². The lowest BCUT2D eigenvalue weighted by Crippen LogP contribution is -2.35. The Morgan fingerprint density at radius 2 is 2.55 bits per heavy atom. The van der Waals surface area contributed by atoms with Crippen LogP contribution in [0.25, 0.3) is 0 Å². The van der Waals surface area contributed by atoms with Crippen molar-refractivity contribution in [3.8, 4) is 0 Å². The Bertz CT molecular complexity index is 102. The first-order chi connectivity index (χ1) is 5.34. The number of nitrogens with one attached hydrogen (secondary N) is 2. The summed E-state index contributed by atoms with van der Waals surface area (Å²) >= 11 is 0. The lowest BCUT2D eigenvalue weighted by Gasteiger charge is -2.18. The van der Waals surface area contributed by atoms with E-state index in [2.05, 4.69) is 17.6 Å². The molecule has 0 aromatic heterocycles. The van der Waals surface area contributed by atoms with Crippen molar-refractivity contribution >= 4 is 0 Å². The Labute approximate surface area is 67.6 Å². The van der Waals surface area contributed by atoms with Gasteiger partial charge in [0.2, 0.25) is 0 Å². The maximum atomic E-state index is 11.8. The first kappa shape index (κ1) is 8.94. The van der Waals surface area contributed by atoms with Crippen LogP contribution in [0.3, 0.4) is 0 Å². The van der Waals surface area contributed by atoms with Crippen molar-refractivity contribution in [3.63, 3.8) is 0 Å². The molecule has 1 rings (SSSR count). The van der Waals surface area contributed by atoms with Gasteiger partial charge >= 0.3 is 0 Å². The fourth-order valence-electron chi connectivity index (χ4n) is 1.55. The fraction of sp³-hybridized carbons (Fsp3) is 1.00. The minimum Gasteiger partial charge on any atom is -0.316 e. The van der Waals surface area contributed by atoms with Crippen LogP contribution in [0.5, 0.6) is 0 Å². The van der Waals surface area contributed by atoms with Gasteiger partial charge in [-0.1, -0.05) is 0 Å². The molecule has 1 aliphatic heterocycles. The Kier molecular flexibility index (Phi) is 3.80. The Balaban J connectivity index is 2.12. The van der Waals surface area contributed by atoms with E-state index in [1.54, 1.807) is 0 Å². The highest BCUT2D eigenvalue weighted by molar-refractivity contribution is 4.79. The van der Waals surface area contributed by atoms with E-state index in [4.69, 9.17) is 0 Å². The molecule has 0 saturated carbocycles. The molecule has 1 saturated heterocycles. The highest BCUT2D eigenvalue weighted by Gasteiger charge is 2.19. The zero-order valence-corrected chi connectivity index (χ0v) is 7.07. The van der Waals surface area contributed by atoms with Crippen molar-refractivity contribution in [3.05, 3.63) is 0 Å². The van der Waals surface area contributed by atoms with Crippen LogP contribution in [-0.4, -0.2) is 32.4 Å². The summed E-state index contributed by atoms with van der Waals surface area (Å²) in [6, 6.07) is 0.459. The van der Waals surface area contributed by atoms with E-state index in [1.165, 1.54) is 6.42 Å². The first-order valence-electron chi connectivity index (χ1n) is 4.34. The van der Waals surface area contributed by atoms with Crippen LogP contribution in [0.2, 0.25) is 0 Å². The van der Waals surface area contributed by atoms with Gasteiger partial charge in [-0.2, -0.15) is 0 Å². The summed E-state index contributed by atoms with van der Waals surface area (Å²) in [5.41, 5.74) is 0. The van der Waals surface area contributed by atoms with E-state index in [0.29, 0.717) is 18.5 Å². The Morgan fingerprint density at radius 1 is 1.73 bits per heavy atom. The van der Waals surface area contributed by atoms with E-state index < -0.39 is 0 Å². The second-order valence-corrected chi connectivity index (χ2v) is 3.18. The maximum Gasteiger partial charge on any atom is 0.102 e. The van der Waals surface area contributed by atoms with Gasteiger partial charge in [0.1, 0.15) is 6.67 Å². The molecular weight excluding hydrogens is 143 g/mol. The largest absolute Gasteiger partial charge is 0.316 e. The van der Waals surface area contributed by atoms with Crippen LogP contribution in [0.15, 0.2) is 0 Å². The predicted molar refractivity (Wildman–Crippen MR) is 44.4 cm³/mol. The first-order valence-corrected chi connectivity index (χ1v) is 4.34. The van der Waals surface area contributed by atoms with E-state index in [0.717, 1.165) is 13.1 Å². The number of hydrogen-bond donors (Lipinski definition) is 2. The predicted octanol–water partition coefficient (Wildman–Crippen LogP) is 0.543. The molecule has 0 amide bonds. The summed E-state index contributed by atoms with van der Waals surface area (Å²) in [6.07, 6.45) is 1.22. The van der Waals surface area contributed by atoms with Gasteiger partial charge in [-0.05, 0) is 32.4 Å². The molecule has 0 aromatic rings. The molecule has 2 atom stereocenters. The normalized spacial score (nSPS) is 27.3. The summed E-state index contributed by atoms with van der Waals surface area (Å²) < 4.78 is 11.8. The molecule has 0 aromatic carbocycles. The van der Waals surface area contributed by atoms with Gasteiger partial charge in [-0.3, -0.25) is 0 Å².